The molecule has 0 aliphatic heterocycles. The summed E-state index contributed by atoms with van der Waals surface area (Å²) in [5.41, 5.74) is 3.25. The molecular weight excluding hydrogens is 132 g/mol. The van der Waals surface area contributed by atoms with Gasteiger partial charge in [-0.25, -0.2) is 0 Å². The predicted octanol–water partition coefficient (Wildman–Crippen LogP) is 3.55. The fourth-order valence-corrected chi connectivity index (χ4v) is 1.89. The lowest BCUT2D eigenvalue weighted by molar-refractivity contribution is 0.386. The van der Waals surface area contributed by atoms with E-state index >= 15 is 0 Å². The van der Waals surface area contributed by atoms with E-state index in [1.165, 1.54) is 6.42 Å². The molecule has 0 bridgehead atoms. The van der Waals surface area contributed by atoms with Crippen LogP contribution in [0.3, 0.4) is 0 Å². The first-order chi connectivity index (χ1) is 5.16. The minimum atomic E-state index is 0.814. The smallest absolute Gasteiger partial charge is 0.0136 e. The van der Waals surface area contributed by atoms with Gasteiger partial charge in [-0.3, -0.25) is 0 Å². The molecule has 0 heteroatoms. The first-order valence-corrected chi connectivity index (χ1v) is 4.46. The van der Waals surface area contributed by atoms with Gasteiger partial charge in [0.05, 0.1) is 0 Å². The first-order valence-electron chi connectivity index (χ1n) is 4.46. The molecule has 0 amide bonds. The molecule has 0 saturated heterocycles. The molecule has 1 aliphatic carbocycles. The van der Waals surface area contributed by atoms with Crippen molar-refractivity contribution in [2.45, 2.75) is 33.6 Å². The van der Waals surface area contributed by atoms with Crippen LogP contribution >= 0.6 is 0 Å². The van der Waals surface area contributed by atoms with E-state index in [9.17, 15) is 0 Å². The SMILES string of the molecule is C=CCC1=C(C)CC1C(C)C. The molecule has 0 spiro atoms. The third-order valence-corrected chi connectivity index (χ3v) is 2.69. The summed E-state index contributed by atoms with van der Waals surface area (Å²) in [6, 6.07) is 0. The quantitative estimate of drug-likeness (QED) is 0.540. The highest BCUT2D eigenvalue weighted by molar-refractivity contribution is 5.29. The van der Waals surface area contributed by atoms with Crippen molar-refractivity contribution in [1.82, 2.24) is 0 Å². The Morgan fingerprint density at radius 3 is 2.64 bits per heavy atom. The van der Waals surface area contributed by atoms with Crippen LogP contribution in [0.4, 0.5) is 0 Å². The van der Waals surface area contributed by atoms with Crippen LogP contribution in [0, 0.1) is 11.8 Å². The van der Waals surface area contributed by atoms with Gasteiger partial charge in [-0.15, -0.1) is 6.58 Å². The zero-order valence-corrected chi connectivity index (χ0v) is 7.85. The van der Waals surface area contributed by atoms with Gasteiger partial charge in [-0.2, -0.15) is 0 Å². The number of rotatable bonds is 3. The van der Waals surface area contributed by atoms with Crippen LogP contribution in [0.25, 0.3) is 0 Å². The molecule has 0 N–H and O–H groups in total. The Balaban J connectivity index is 2.60. The van der Waals surface area contributed by atoms with E-state index in [1.54, 1.807) is 11.1 Å². The van der Waals surface area contributed by atoms with Gasteiger partial charge < -0.3 is 0 Å². The van der Waals surface area contributed by atoms with Gasteiger partial charge in [0.2, 0.25) is 0 Å². The van der Waals surface area contributed by atoms with Crippen LogP contribution in [-0.4, -0.2) is 0 Å². The van der Waals surface area contributed by atoms with E-state index in [-0.39, 0.29) is 0 Å². The highest BCUT2D eigenvalue weighted by Crippen LogP contribution is 2.41. The van der Waals surface area contributed by atoms with Crippen LogP contribution in [0.15, 0.2) is 23.8 Å². The average Bonchev–Trinajstić information content (AvgIpc) is 1.95. The Labute approximate surface area is 70.0 Å². The number of hydrogen-bond donors (Lipinski definition) is 0. The lowest BCUT2D eigenvalue weighted by Crippen LogP contribution is -2.21. The maximum atomic E-state index is 3.78. The van der Waals surface area contributed by atoms with Crippen LogP contribution in [0.5, 0.6) is 0 Å². The topological polar surface area (TPSA) is 0 Å². The van der Waals surface area contributed by atoms with Gasteiger partial charge >= 0.3 is 0 Å². The Morgan fingerprint density at radius 2 is 2.27 bits per heavy atom. The molecule has 0 radical (unpaired) electrons. The molecular formula is C11H18. The van der Waals surface area contributed by atoms with E-state index in [2.05, 4.69) is 27.4 Å². The molecule has 0 aromatic carbocycles. The second kappa shape index (κ2) is 3.25. The molecule has 1 atom stereocenters. The summed E-state index contributed by atoms with van der Waals surface area (Å²) in [4.78, 5) is 0. The van der Waals surface area contributed by atoms with Gasteiger partial charge in [0.25, 0.3) is 0 Å². The average molecular weight is 150 g/mol. The fourth-order valence-electron chi connectivity index (χ4n) is 1.89. The summed E-state index contributed by atoms with van der Waals surface area (Å²) in [7, 11) is 0. The Morgan fingerprint density at radius 1 is 1.64 bits per heavy atom. The van der Waals surface area contributed by atoms with Crippen molar-refractivity contribution < 1.29 is 0 Å². The summed E-state index contributed by atoms with van der Waals surface area (Å²) >= 11 is 0. The van der Waals surface area contributed by atoms with Crippen molar-refractivity contribution in [3.63, 3.8) is 0 Å². The van der Waals surface area contributed by atoms with Gasteiger partial charge in [0.15, 0.2) is 0 Å². The monoisotopic (exact) mass is 150 g/mol. The highest BCUT2D eigenvalue weighted by Gasteiger charge is 2.27. The maximum absolute atomic E-state index is 3.78. The minimum Gasteiger partial charge on any atom is -0.103 e. The lowest BCUT2D eigenvalue weighted by atomic mass is 9.71. The third-order valence-electron chi connectivity index (χ3n) is 2.69. The van der Waals surface area contributed by atoms with Crippen molar-refractivity contribution in [2.24, 2.45) is 11.8 Å². The second-order valence-electron chi connectivity index (χ2n) is 3.85. The fraction of sp³-hybridized carbons (Fsp3) is 0.636. The van der Waals surface area contributed by atoms with E-state index in [0.717, 1.165) is 18.3 Å². The molecule has 0 aromatic heterocycles. The molecule has 1 rings (SSSR count). The minimum absolute atomic E-state index is 0.814. The van der Waals surface area contributed by atoms with Gasteiger partial charge in [0, 0.05) is 0 Å². The van der Waals surface area contributed by atoms with Gasteiger partial charge in [-0.05, 0) is 31.6 Å². The van der Waals surface area contributed by atoms with Crippen molar-refractivity contribution in [1.29, 1.82) is 0 Å². The molecule has 0 fully saturated rings. The molecule has 11 heavy (non-hydrogen) atoms. The number of allylic oxidation sites excluding steroid dienone is 3. The molecule has 1 aliphatic rings. The van der Waals surface area contributed by atoms with Crippen LogP contribution in [-0.2, 0) is 0 Å². The first kappa shape index (κ1) is 8.58. The molecule has 0 nitrogen and oxygen atoms in total. The van der Waals surface area contributed by atoms with E-state index in [0.29, 0.717) is 0 Å². The number of hydrogen-bond acceptors (Lipinski definition) is 0. The van der Waals surface area contributed by atoms with Crippen molar-refractivity contribution >= 4 is 0 Å². The van der Waals surface area contributed by atoms with E-state index in [1.807, 2.05) is 6.08 Å². The molecule has 62 valence electrons. The summed E-state index contributed by atoms with van der Waals surface area (Å²) in [5, 5.41) is 0. The molecule has 0 saturated carbocycles. The van der Waals surface area contributed by atoms with Crippen molar-refractivity contribution in [3.05, 3.63) is 23.8 Å². The van der Waals surface area contributed by atoms with Crippen LogP contribution < -0.4 is 0 Å². The van der Waals surface area contributed by atoms with Crippen LogP contribution in [0.2, 0.25) is 0 Å². The summed E-state index contributed by atoms with van der Waals surface area (Å²) in [6.45, 7) is 10.6. The molecule has 1 unspecified atom stereocenters. The van der Waals surface area contributed by atoms with Gasteiger partial charge in [-0.1, -0.05) is 31.1 Å². The molecule has 0 heterocycles. The standard InChI is InChI=1S/C11H18/c1-5-6-10-9(4)7-11(10)8(2)3/h5,8,11H,1,6-7H2,2-4H3. The lowest BCUT2D eigenvalue weighted by Gasteiger charge is -2.34. The normalized spacial score (nSPS) is 23.8. The van der Waals surface area contributed by atoms with Crippen molar-refractivity contribution in [3.8, 4) is 0 Å². The van der Waals surface area contributed by atoms with E-state index in [4.69, 9.17) is 0 Å². The zero-order valence-electron chi connectivity index (χ0n) is 7.85. The van der Waals surface area contributed by atoms with E-state index < -0.39 is 0 Å². The Hall–Kier alpha value is -0.520. The van der Waals surface area contributed by atoms with Crippen LogP contribution in [0.1, 0.15) is 33.6 Å². The summed E-state index contributed by atoms with van der Waals surface area (Å²) in [5.74, 6) is 1.67. The second-order valence-corrected chi connectivity index (χ2v) is 3.85. The highest BCUT2D eigenvalue weighted by atomic mass is 14.3. The molecule has 0 aromatic rings. The maximum Gasteiger partial charge on any atom is -0.0136 e. The van der Waals surface area contributed by atoms with Crippen molar-refractivity contribution in [2.75, 3.05) is 0 Å². The predicted molar refractivity (Wildman–Crippen MR) is 50.5 cm³/mol. The zero-order chi connectivity index (χ0) is 8.43. The summed E-state index contributed by atoms with van der Waals surface area (Å²) < 4.78 is 0. The Kier molecular flexibility index (Phi) is 2.53. The third kappa shape index (κ3) is 1.55. The summed E-state index contributed by atoms with van der Waals surface area (Å²) in [6.07, 6.45) is 4.45. The largest absolute Gasteiger partial charge is 0.103 e. The Bertz CT molecular complexity index is 184. The van der Waals surface area contributed by atoms with Gasteiger partial charge in [0.1, 0.15) is 0 Å².